The van der Waals surface area contributed by atoms with Crippen LogP contribution < -0.4 is 0 Å². The summed E-state index contributed by atoms with van der Waals surface area (Å²) in [5, 5.41) is 15.1. The van der Waals surface area contributed by atoms with Crippen molar-refractivity contribution in [1.82, 2.24) is 9.78 Å². The van der Waals surface area contributed by atoms with E-state index in [-0.39, 0.29) is 29.9 Å². The van der Waals surface area contributed by atoms with Crippen molar-refractivity contribution >= 4 is 11.7 Å². The van der Waals surface area contributed by atoms with Crippen molar-refractivity contribution in [2.75, 3.05) is 0 Å². The van der Waals surface area contributed by atoms with Gasteiger partial charge in [-0.15, -0.1) is 0 Å². The Hall–Kier alpha value is -2.70. The summed E-state index contributed by atoms with van der Waals surface area (Å²) in [5.41, 5.74) is 5.00. The van der Waals surface area contributed by atoms with Gasteiger partial charge in [0.1, 0.15) is 24.5 Å². The number of ether oxygens (including phenoxy) is 1. The van der Waals surface area contributed by atoms with Gasteiger partial charge in [-0.25, -0.2) is 0 Å². The van der Waals surface area contributed by atoms with Crippen molar-refractivity contribution in [3.8, 4) is 0 Å². The molecule has 0 N–H and O–H groups in total. The van der Waals surface area contributed by atoms with E-state index in [0.717, 1.165) is 16.7 Å². The highest BCUT2D eigenvalue weighted by Crippen LogP contribution is 2.27. The van der Waals surface area contributed by atoms with E-state index in [1.54, 1.807) is 13.8 Å². The van der Waals surface area contributed by atoms with E-state index in [1.807, 2.05) is 13.8 Å². The molecule has 0 fully saturated rings. The number of aryl methyl sites for hydroxylation is 3. The first-order chi connectivity index (χ1) is 12.4. The highest BCUT2D eigenvalue weighted by Gasteiger charge is 2.23. The van der Waals surface area contributed by atoms with Crippen LogP contribution in [0.4, 0.5) is 5.69 Å². The number of nitrogens with zero attached hydrogens (tertiary/aromatic N) is 3. The summed E-state index contributed by atoms with van der Waals surface area (Å²) < 4.78 is 6.73. The summed E-state index contributed by atoms with van der Waals surface area (Å²) in [6.45, 7) is 13.6. The smallest absolute Gasteiger partial charge is 0.328 e. The maximum atomic E-state index is 12.2. The van der Waals surface area contributed by atoms with E-state index in [0.29, 0.717) is 5.69 Å². The minimum absolute atomic E-state index is 0.0505. The molecule has 27 heavy (non-hydrogen) atoms. The molecule has 1 aromatic carbocycles. The summed E-state index contributed by atoms with van der Waals surface area (Å²) in [5.74, 6) is -0.478. The Bertz CT molecular complexity index is 868. The van der Waals surface area contributed by atoms with E-state index in [2.05, 4.69) is 38.0 Å². The van der Waals surface area contributed by atoms with Crippen LogP contribution in [0.3, 0.4) is 0 Å². The number of nitro groups is 1. The normalized spacial score (nSPS) is 11.5. The summed E-state index contributed by atoms with van der Waals surface area (Å²) in [4.78, 5) is 22.8. The maximum Gasteiger partial charge on any atom is 0.328 e. The molecule has 0 atom stereocenters. The third kappa shape index (κ3) is 4.53. The van der Waals surface area contributed by atoms with E-state index in [4.69, 9.17) is 4.74 Å². The number of benzene rings is 1. The number of aromatic nitrogens is 2. The second-order valence-corrected chi connectivity index (χ2v) is 7.93. The van der Waals surface area contributed by atoms with Crippen molar-refractivity contribution in [2.24, 2.45) is 0 Å². The Balaban J connectivity index is 2.11. The number of hydrogen-bond acceptors (Lipinski definition) is 5. The minimum atomic E-state index is -0.483. The molecule has 0 spiro atoms. The number of rotatable bonds is 5. The molecule has 2 aromatic rings. The molecule has 0 saturated carbocycles. The van der Waals surface area contributed by atoms with Gasteiger partial charge in [0.25, 0.3) is 0 Å². The fourth-order valence-electron chi connectivity index (χ4n) is 3.08. The average molecular weight is 373 g/mol. The number of carbonyl (C=O) groups is 1. The Kier molecular flexibility index (Phi) is 5.73. The molecular weight excluding hydrogens is 346 g/mol. The second kappa shape index (κ2) is 7.50. The lowest BCUT2D eigenvalue weighted by Crippen LogP contribution is -2.17. The van der Waals surface area contributed by atoms with Crippen LogP contribution in [-0.4, -0.2) is 20.7 Å². The van der Waals surface area contributed by atoms with E-state index < -0.39 is 10.9 Å². The van der Waals surface area contributed by atoms with Gasteiger partial charge >= 0.3 is 11.7 Å². The van der Waals surface area contributed by atoms with Gasteiger partial charge in [0, 0.05) is 0 Å². The highest BCUT2D eigenvalue weighted by molar-refractivity contribution is 5.69. The van der Waals surface area contributed by atoms with Crippen LogP contribution >= 0.6 is 0 Å². The van der Waals surface area contributed by atoms with E-state index in [9.17, 15) is 14.9 Å². The van der Waals surface area contributed by atoms with Crippen LogP contribution in [0.1, 0.15) is 54.4 Å². The fourth-order valence-corrected chi connectivity index (χ4v) is 3.08. The Morgan fingerprint density at radius 2 is 1.74 bits per heavy atom. The van der Waals surface area contributed by atoms with Crippen molar-refractivity contribution < 1.29 is 14.5 Å². The van der Waals surface area contributed by atoms with Gasteiger partial charge in [0.2, 0.25) is 0 Å². The molecule has 0 aliphatic rings. The largest absolute Gasteiger partial charge is 0.459 e. The zero-order valence-corrected chi connectivity index (χ0v) is 17.0. The number of hydrogen-bond donors (Lipinski definition) is 0. The lowest BCUT2D eigenvalue weighted by molar-refractivity contribution is -0.386. The highest BCUT2D eigenvalue weighted by atomic mass is 16.6. The predicted octanol–water partition coefficient (Wildman–Crippen LogP) is 4.07. The molecule has 0 unspecified atom stereocenters. The van der Waals surface area contributed by atoms with Gasteiger partial charge in [0.15, 0.2) is 0 Å². The quantitative estimate of drug-likeness (QED) is 0.448. The molecule has 0 saturated heterocycles. The monoisotopic (exact) mass is 373 g/mol. The summed E-state index contributed by atoms with van der Waals surface area (Å²) in [6.07, 6.45) is 0. The van der Waals surface area contributed by atoms with E-state index >= 15 is 0 Å². The molecule has 1 aromatic heterocycles. The van der Waals surface area contributed by atoms with Gasteiger partial charge in [-0.05, 0) is 55.4 Å². The zero-order chi connectivity index (χ0) is 20.5. The Morgan fingerprint density at radius 1 is 1.19 bits per heavy atom. The molecule has 0 aliphatic heterocycles. The Morgan fingerprint density at radius 3 is 2.19 bits per heavy atom. The third-order valence-corrected chi connectivity index (χ3v) is 4.74. The first-order valence-corrected chi connectivity index (χ1v) is 8.86. The number of carbonyl (C=O) groups excluding carboxylic acids is 1. The fraction of sp³-hybridized carbons (Fsp3) is 0.500. The molecule has 7 heteroatoms. The predicted molar refractivity (Wildman–Crippen MR) is 103 cm³/mol. The third-order valence-electron chi connectivity index (χ3n) is 4.74. The lowest BCUT2D eigenvalue weighted by atomic mass is 9.84. The van der Waals surface area contributed by atoms with Gasteiger partial charge in [0.05, 0.1) is 4.92 Å². The van der Waals surface area contributed by atoms with Crippen molar-refractivity contribution in [3.05, 3.63) is 55.9 Å². The first-order valence-electron chi connectivity index (χ1n) is 8.86. The molecule has 0 bridgehead atoms. The van der Waals surface area contributed by atoms with Gasteiger partial charge in [-0.1, -0.05) is 32.9 Å². The first kappa shape index (κ1) is 20.6. The van der Waals surface area contributed by atoms with Crippen molar-refractivity contribution in [1.29, 1.82) is 0 Å². The Labute approximate surface area is 159 Å². The van der Waals surface area contributed by atoms with Gasteiger partial charge in [-0.2, -0.15) is 5.10 Å². The van der Waals surface area contributed by atoms with Crippen molar-refractivity contribution in [2.45, 2.75) is 67.0 Å². The second-order valence-electron chi connectivity index (χ2n) is 7.93. The minimum Gasteiger partial charge on any atom is -0.459 e. The molecule has 146 valence electrons. The maximum absolute atomic E-state index is 12.2. The van der Waals surface area contributed by atoms with Crippen LogP contribution in [0.2, 0.25) is 0 Å². The molecular formula is C20H27N3O4. The molecule has 0 radical (unpaired) electrons. The van der Waals surface area contributed by atoms with E-state index in [1.165, 1.54) is 10.2 Å². The molecule has 2 rings (SSSR count). The standard InChI is InChI=1S/C20H27N3O4/c1-12-8-16(20(5,6)7)9-13(2)17(12)11-27-18(24)10-22-15(4)19(23(25)26)14(3)21-22/h8-9H,10-11H2,1-7H3. The summed E-state index contributed by atoms with van der Waals surface area (Å²) >= 11 is 0. The van der Waals surface area contributed by atoms with Crippen LogP contribution in [0.15, 0.2) is 12.1 Å². The SMILES string of the molecule is Cc1cc(C(C)(C)C)cc(C)c1COC(=O)Cn1nc(C)c([N+](=O)[O-])c1C. The molecule has 1 heterocycles. The number of esters is 1. The van der Waals surface area contributed by atoms with Gasteiger partial charge in [-0.3, -0.25) is 19.6 Å². The summed E-state index contributed by atoms with van der Waals surface area (Å²) in [7, 11) is 0. The van der Waals surface area contributed by atoms with Crippen LogP contribution in [0.5, 0.6) is 0 Å². The van der Waals surface area contributed by atoms with Crippen LogP contribution in [0, 0.1) is 37.8 Å². The lowest BCUT2D eigenvalue weighted by Gasteiger charge is -2.22. The van der Waals surface area contributed by atoms with Crippen LogP contribution in [0.25, 0.3) is 0 Å². The summed E-state index contributed by atoms with van der Waals surface area (Å²) in [6, 6.07) is 4.25. The average Bonchev–Trinajstić information content (AvgIpc) is 2.79. The zero-order valence-electron chi connectivity index (χ0n) is 17.0. The van der Waals surface area contributed by atoms with Crippen molar-refractivity contribution in [3.63, 3.8) is 0 Å². The van der Waals surface area contributed by atoms with Crippen LogP contribution in [-0.2, 0) is 28.1 Å². The molecule has 7 nitrogen and oxygen atoms in total. The van der Waals surface area contributed by atoms with Gasteiger partial charge < -0.3 is 4.74 Å². The molecule has 0 amide bonds. The topological polar surface area (TPSA) is 87.3 Å². The molecule has 0 aliphatic carbocycles.